The van der Waals surface area contributed by atoms with Crippen LogP contribution >= 0.6 is 0 Å². The van der Waals surface area contributed by atoms with Gasteiger partial charge < -0.3 is 28.8 Å². The fourth-order valence-corrected chi connectivity index (χ4v) is 4.04. The molecule has 7 heteroatoms. The molecule has 142 valence electrons. The first-order valence-corrected chi connectivity index (χ1v) is 9.02. The van der Waals surface area contributed by atoms with E-state index < -0.39 is 5.54 Å². The molecule has 2 aromatic carbocycles. The number of rotatable bonds is 3. The van der Waals surface area contributed by atoms with Gasteiger partial charge in [0.15, 0.2) is 23.0 Å². The summed E-state index contributed by atoms with van der Waals surface area (Å²) in [5, 5.41) is 10.8. The molecule has 7 nitrogen and oxygen atoms in total. The van der Waals surface area contributed by atoms with Crippen LogP contribution in [0.15, 0.2) is 30.3 Å². The number of hydrogen-bond donors (Lipinski definition) is 1. The lowest BCUT2D eigenvalue weighted by molar-refractivity contribution is -0.00506. The van der Waals surface area contributed by atoms with E-state index in [1.165, 1.54) is 0 Å². The van der Waals surface area contributed by atoms with Crippen molar-refractivity contribution in [2.24, 2.45) is 0 Å². The van der Waals surface area contributed by atoms with E-state index in [-0.39, 0.29) is 19.3 Å². The largest absolute Gasteiger partial charge is 0.507 e. The summed E-state index contributed by atoms with van der Waals surface area (Å²) >= 11 is 0. The second-order valence-electron chi connectivity index (χ2n) is 6.96. The summed E-state index contributed by atoms with van der Waals surface area (Å²) in [7, 11) is 0. The third kappa shape index (κ3) is 2.57. The van der Waals surface area contributed by atoms with Crippen LogP contribution in [0.3, 0.4) is 0 Å². The van der Waals surface area contributed by atoms with Gasteiger partial charge in [0.1, 0.15) is 5.75 Å². The Morgan fingerprint density at radius 1 is 0.852 bits per heavy atom. The molecule has 0 aromatic heterocycles. The van der Waals surface area contributed by atoms with Crippen LogP contribution in [-0.2, 0) is 10.3 Å². The summed E-state index contributed by atoms with van der Waals surface area (Å²) in [6.45, 7) is 5.28. The highest BCUT2D eigenvalue weighted by atomic mass is 16.7. The monoisotopic (exact) mass is 371 g/mol. The molecule has 1 unspecified atom stereocenters. The second kappa shape index (κ2) is 6.21. The minimum absolute atomic E-state index is 0.163. The van der Waals surface area contributed by atoms with Gasteiger partial charge in [0.05, 0.1) is 18.8 Å². The molecule has 0 spiro atoms. The van der Waals surface area contributed by atoms with E-state index in [0.717, 1.165) is 30.0 Å². The van der Waals surface area contributed by atoms with E-state index in [1.807, 2.05) is 24.3 Å². The van der Waals surface area contributed by atoms with Gasteiger partial charge in [0, 0.05) is 24.7 Å². The Labute approximate surface area is 157 Å². The van der Waals surface area contributed by atoms with Crippen molar-refractivity contribution >= 4 is 0 Å². The highest BCUT2D eigenvalue weighted by molar-refractivity contribution is 5.57. The maximum absolute atomic E-state index is 10.8. The Kier molecular flexibility index (Phi) is 3.80. The molecule has 1 N–H and O–H groups in total. The molecule has 0 aliphatic carbocycles. The van der Waals surface area contributed by atoms with E-state index >= 15 is 0 Å². The number of phenolic OH excluding ortho intramolecular Hbond substituents is 1. The third-order valence-corrected chi connectivity index (χ3v) is 5.59. The van der Waals surface area contributed by atoms with Crippen LogP contribution in [0.2, 0.25) is 0 Å². The Balaban J connectivity index is 1.67. The van der Waals surface area contributed by atoms with E-state index in [4.69, 9.17) is 23.7 Å². The molecule has 5 rings (SSSR count). The Morgan fingerprint density at radius 2 is 1.48 bits per heavy atom. The molecule has 0 amide bonds. The molecule has 0 bridgehead atoms. The van der Waals surface area contributed by atoms with Crippen LogP contribution in [0.25, 0.3) is 0 Å². The average Bonchev–Trinajstić information content (AvgIpc) is 3.35. The quantitative estimate of drug-likeness (QED) is 0.889. The van der Waals surface area contributed by atoms with Crippen molar-refractivity contribution < 1.29 is 28.8 Å². The second-order valence-corrected chi connectivity index (χ2v) is 6.96. The smallest absolute Gasteiger partial charge is 0.231 e. The summed E-state index contributed by atoms with van der Waals surface area (Å²) in [4.78, 5) is 2.31. The molecule has 1 fully saturated rings. The van der Waals surface area contributed by atoms with Crippen LogP contribution < -0.4 is 18.9 Å². The minimum atomic E-state index is -0.601. The summed E-state index contributed by atoms with van der Waals surface area (Å²) in [5.41, 5.74) is 1.16. The third-order valence-electron chi connectivity index (χ3n) is 5.59. The SMILES string of the molecule is CC(c1ccc2c(c1)OCO2)(c1cc2c(cc1O)OCO2)N1CCOCC1. The summed E-state index contributed by atoms with van der Waals surface area (Å²) in [5.74, 6) is 2.82. The fourth-order valence-electron chi connectivity index (χ4n) is 4.04. The van der Waals surface area contributed by atoms with Crippen LogP contribution in [0.5, 0.6) is 28.7 Å². The maximum Gasteiger partial charge on any atom is 0.231 e. The number of morpholine rings is 1. The molecular formula is C20H21NO6. The molecular weight excluding hydrogens is 350 g/mol. The van der Waals surface area contributed by atoms with Gasteiger partial charge in [-0.15, -0.1) is 0 Å². The highest BCUT2D eigenvalue weighted by Gasteiger charge is 2.40. The fraction of sp³-hybridized carbons (Fsp3) is 0.400. The highest BCUT2D eigenvalue weighted by Crippen LogP contribution is 2.48. The molecule has 2 aromatic rings. The first-order valence-electron chi connectivity index (χ1n) is 9.02. The van der Waals surface area contributed by atoms with Gasteiger partial charge in [-0.25, -0.2) is 0 Å². The zero-order valence-corrected chi connectivity index (χ0v) is 15.1. The number of hydrogen-bond acceptors (Lipinski definition) is 7. The van der Waals surface area contributed by atoms with Crippen LogP contribution in [0.4, 0.5) is 0 Å². The lowest BCUT2D eigenvalue weighted by atomic mass is 9.81. The zero-order chi connectivity index (χ0) is 18.4. The Hall–Kier alpha value is -2.64. The predicted octanol–water partition coefficient (Wildman–Crippen LogP) is 2.45. The van der Waals surface area contributed by atoms with Gasteiger partial charge >= 0.3 is 0 Å². The minimum Gasteiger partial charge on any atom is -0.507 e. The number of benzene rings is 2. The standard InChI is InChI=1S/C20H21NO6/c1-20(21-4-6-23-7-5-21,13-2-3-16-17(8-13)25-11-24-16)14-9-18-19(10-15(14)22)27-12-26-18/h2-3,8-10,22H,4-7,11-12H2,1H3. The summed E-state index contributed by atoms with van der Waals surface area (Å²) < 4.78 is 27.6. The molecule has 3 aliphatic heterocycles. The van der Waals surface area contributed by atoms with Crippen LogP contribution in [0, 0.1) is 0 Å². The van der Waals surface area contributed by atoms with E-state index in [9.17, 15) is 5.11 Å². The molecule has 3 aliphatic rings. The topological polar surface area (TPSA) is 69.6 Å². The number of nitrogens with zero attached hydrogens (tertiary/aromatic N) is 1. The number of aromatic hydroxyl groups is 1. The molecule has 3 heterocycles. The van der Waals surface area contributed by atoms with Crippen molar-refractivity contribution in [2.75, 3.05) is 39.9 Å². The molecule has 0 radical (unpaired) electrons. The van der Waals surface area contributed by atoms with Gasteiger partial charge in [0.25, 0.3) is 0 Å². The number of fused-ring (bicyclic) bond motifs is 2. The van der Waals surface area contributed by atoms with Gasteiger partial charge in [-0.05, 0) is 30.7 Å². The lowest BCUT2D eigenvalue weighted by Crippen LogP contribution is -2.50. The summed E-state index contributed by atoms with van der Waals surface area (Å²) in [6.07, 6.45) is 0. The Bertz CT molecular complexity index is 879. The molecule has 1 atom stereocenters. The van der Waals surface area contributed by atoms with Crippen molar-refractivity contribution in [3.63, 3.8) is 0 Å². The average molecular weight is 371 g/mol. The van der Waals surface area contributed by atoms with Gasteiger partial charge in [-0.3, -0.25) is 4.90 Å². The van der Waals surface area contributed by atoms with E-state index in [1.54, 1.807) is 6.07 Å². The van der Waals surface area contributed by atoms with Crippen molar-refractivity contribution in [1.82, 2.24) is 4.90 Å². The molecule has 1 saturated heterocycles. The lowest BCUT2D eigenvalue weighted by Gasteiger charge is -2.44. The number of ether oxygens (including phenoxy) is 5. The van der Waals surface area contributed by atoms with Crippen molar-refractivity contribution in [1.29, 1.82) is 0 Å². The van der Waals surface area contributed by atoms with E-state index in [2.05, 4.69) is 11.8 Å². The maximum atomic E-state index is 10.8. The zero-order valence-electron chi connectivity index (χ0n) is 15.1. The van der Waals surface area contributed by atoms with Crippen molar-refractivity contribution in [3.8, 4) is 28.7 Å². The summed E-state index contributed by atoms with van der Waals surface area (Å²) in [6, 6.07) is 9.43. The van der Waals surface area contributed by atoms with Gasteiger partial charge in [-0.1, -0.05) is 6.07 Å². The number of phenols is 1. The Morgan fingerprint density at radius 3 is 2.22 bits per heavy atom. The van der Waals surface area contributed by atoms with Gasteiger partial charge in [-0.2, -0.15) is 0 Å². The van der Waals surface area contributed by atoms with Gasteiger partial charge in [0.2, 0.25) is 13.6 Å². The first kappa shape index (κ1) is 16.5. The predicted molar refractivity (Wildman–Crippen MR) is 95.6 cm³/mol. The normalized spacial score (nSPS) is 20.5. The van der Waals surface area contributed by atoms with E-state index in [0.29, 0.717) is 30.5 Å². The molecule has 27 heavy (non-hydrogen) atoms. The molecule has 0 saturated carbocycles. The van der Waals surface area contributed by atoms with Crippen LogP contribution in [0.1, 0.15) is 18.1 Å². The van der Waals surface area contributed by atoms with Crippen LogP contribution in [-0.4, -0.2) is 49.9 Å². The van der Waals surface area contributed by atoms with Crippen molar-refractivity contribution in [3.05, 3.63) is 41.5 Å². The van der Waals surface area contributed by atoms with Crippen molar-refractivity contribution in [2.45, 2.75) is 12.5 Å². The first-order chi connectivity index (χ1) is 13.2.